The van der Waals surface area contributed by atoms with Gasteiger partial charge in [0.05, 0.1) is 26.9 Å². The zero-order chi connectivity index (χ0) is 19.9. The van der Waals surface area contributed by atoms with Crippen LogP contribution in [-0.4, -0.2) is 38.3 Å². The number of hydrogen-bond acceptors (Lipinski definition) is 6. The molecule has 0 aliphatic heterocycles. The van der Waals surface area contributed by atoms with Gasteiger partial charge in [0.1, 0.15) is 5.82 Å². The first-order valence-electron chi connectivity index (χ1n) is 9.48. The van der Waals surface area contributed by atoms with Gasteiger partial charge in [-0.2, -0.15) is 0 Å². The van der Waals surface area contributed by atoms with Crippen LogP contribution in [-0.2, 0) is 0 Å². The van der Waals surface area contributed by atoms with E-state index in [4.69, 9.17) is 14.2 Å². The van der Waals surface area contributed by atoms with Crippen LogP contribution in [0.1, 0.15) is 42.5 Å². The largest absolute Gasteiger partial charge is 0.493 e. The average molecular weight is 385 g/mol. The van der Waals surface area contributed by atoms with Crippen molar-refractivity contribution in [3.63, 3.8) is 0 Å². The maximum absolute atomic E-state index is 12.6. The van der Waals surface area contributed by atoms with Crippen molar-refractivity contribution in [1.82, 2.24) is 4.98 Å². The van der Waals surface area contributed by atoms with Crippen molar-refractivity contribution in [2.75, 3.05) is 32.0 Å². The number of aromatic nitrogens is 1. The monoisotopic (exact) mass is 385 g/mol. The van der Waals surface area contributed by atoms with E-state index >= 15 is 0 Å². The van der Waals surface area contributed by atoms with Crippen LogP contribution in [0.15, 0.2) is 30.5 Å². The highest BCUT2D eigenvalue weighted by molar-refractivity contribution is 6.04. The molecule has 0 saturated heterocycles. The summed E-state index contributed by atoms with van der Waals surface area (Å²) in [6.45, 7) is 0. The first kappa shape index (κ1) is 19.8. The number of carbonyl (C=O) groups is 1. The van der Waals surface area contributed by atoms with Crippen LogP contribution in [0, 0.1) is 0 Å². The number of benzene rings is 1. The maximum atomic E-state index is 12.6. The SMILES string of the molecule is COc1cc(NC(=O)c2ccc(NC3CCCCC3)nc2)cc(OC)c1OC. The molecule has 1 aliphatic carbocycles. The molecule has 3 rings (SSSR count). The van der Waals surface area contributed by atoms with Crippen molar-refractivity contribution < 1.29 is 19.0 Å². The molecule has 1 heterocycles. The van der Waals surface area contributed by atoms with Crippen molar-refractivity contribution in [3.8, 4) is 17.2 Å². The predicted molar refractivity (Wildman–Crippen MR) is 109 cm³/mol. The molecule has 1 saturated carbocycles. The number of hydrogen-bond donors (Lipinski definition) is 2. The van der Waals surface area contributed by atoms with Crippen molar-refractivity contribution >= 4 is 17.4 Å². The second-order valence-corrected chi connectivity index (χ2v) is 6.78. The third kappa shape index (κ3) is 4.65. The van der Waals surface area contributed by atoms with Crippen LogP contribution in [0.4, 0.5) is 11.5 Å². The summed E-state index contributed by atoms with van der Waals surface area (Å²) < 4.78 is 15.9. The lowest BCUT2D eigenvalue weighted by Crippen LogP contribution is -2.22. The van der Waals surface area contributed by atoms with E-state index in [9.17, 15) is 4.79 Å². The average Bonchev–Trinajstić information content (AvgIpc) is 2.74. The third-order valence-corrected chi connectivity index (χ3v) is 4.91. The lowest BCUT2D eigenvalue weighted by Gasteiger charge is -2.23. The highest BCUT2D eigenvalue weighted by atomic mass is 16.5. The number of rotatable bonds is 7. The molecule has 0 unspecified atom stereocenters. The summed E-state index contributed by atoms with van der Waals surface area (Å²) in [5.41, 5.74) is 1.02. The van der Waals surface area contributed by atoms with E-state index in [-0.39, 0.29) is 5.91 Å². The van der Waals surface area contributed by atoms with Gasteiger partial charge in [0.2, 0.25) is 5.75 Å². The molecule has 0 bridgehead atoms. The Balaban J connectivity index is 1.69. The van der Waals surface area contributed by atoms with Gasteiger partial charge in [-0.1, -0.05) is 19.3 Å². The highest BCUT2D eigenvalue weighted by Gasteiger charge is 2.16. The first-order valence-corrected chi connectivity index (χ1v) is 9.48. The van der Waals surface area contributed by atoms with Gasteiger partial charge in [0.15, 0.2) is 11.5 Å². The Morgan fingerprint density at radius 1 is 1.00 bits per heavy atom. The second-order valence-electron chi connectivity index (χ2n) is 6.78. The number of methoxy groups -OCH3 is 3. The molecular formula is C21H27N3O4. The van der Waals surface area contributed by atoms with Gasteiger partial charge in [-0.3, -0.25) is 4.79 Å². The lowest BCUT2D eigenvalue weighted by molar-refractivity contribution is 0.102. The summed E-state index contributed by atoms with van der Waals surface area (Å²) in [4.78, 5) is 17.0. The minimum Gasteiger partial charge on any atom is -0.493 e. The summed E-state index contributed by atoms with van der Waals surface area (Å²) in [7, 11) is 4.60. The Labute approximate surface area is 165 Å². The van der Waals surface area contributed by atoms with Gasteiger partial charge in [-0.25, -0.2) is 4.98 Å². The summed E-state index contributed by atoms with van der Waals surface area (Å²) in [6.07, 6.45) is 7.75. The number of nitrogens with zero attached hydrogens (tertiary/aromatic N) is 1. The van der Waals surface area contributed by atoms with E-state index in [2.05, 4.69) is 15.6 Å². The van der Waals surface area contributed by atoms with E-state index in [1.807, 2.05) is 6.07 Å². The Bertz CT molecular complexity index is 777. The summed E-state index contributed by atoms with van der Waals surface area (Å²) >= 11 is 0. The molecule has 0 radical (unpaired) electrons. The molecule has 1 aromatic carbocycles. The minimum absolute atomic E-state index is 0.258. The number of amides is 1. The molecule has 2 aromatic rings. The Kier molecular flexibility index (Phi) is 6.57. The number of ether oxygens (including phenoxy) is 3. The fourth-order valence-corrected chi connectivity index (χ4v) is 3.43. The van der Waals surface area contributed by atoms with Crippen LogP contribution >= 0.6 is 0 Å². The molecule has 2 N–H and O–H groups in total. The van der Waals surface area contributed by atoms with Crippen molar-refractivity contribution in [3.05, 3.63) is 36.0 Å². The highest BCUT2D eigenvalue weighted by Crippen LogP contribution is 2.40. The Hall–Kier alpha value is -2.96. The van der Waals surface area contributed by atoms with E-state index in [1.165, 1.54) is 53.4 Å². The molecule has 7 nitrogen and oxygen atoms in total. The van der Waals surface area contributed by atoms with E-state index in [0.717, 1.165) is 5.82 Å². The van der Waals surface area contributed by atoms with Crippen molar-refractivity contribution in [2.45, 2.75) is 38.1 Å². The number of carbonyl (C=O) groups excluding carboxylic acids is 1. The molecule has 0 atom stereocenters. The first-order chi connectivity index (χ1) is 13.6. The molecule has 7 heteroatoms. The van der Waals surface area contributed by atoms with Crippen LogP contribution in [0.3, 0.4) is 0 Å². The fraction of sp³-hybridized carbons (Fsp3) is 0.429. The smallest absolute Gasteiger partial charge is 0.257 e. The molecule has 1 aliphatic rings. The summed E-state index contributed by atoms with van der Waals surface area (Å²) in [5.74, 6) is 1.97. The third-order valence-electron chi connectivity index (χ3n) is 4.91. The Morgan fingerprint density at radius 3 is 2.21 bits per heavy atom. The van der Waals surface area contributed by atoms with Gasteiger partial charge in [0.25, 0.3) is 5.91 Å². The molecule has 1 fully saturated rings. The van der Waals surface area contributed by atoms with Crippen LogP contribution in [0.25, 0.3) is 0 Å². The van der Waals surface area contributed by atoms with Crippen molar-refractivity contribution in [2.24, 2.45) is 0 Å². The quantitative estimate of drug-likeness (QED) is 0.747. The molecule has 28 heavy (non-hydrogen) atoms. The van der Waals surface area contributed by atoms with Gasteiger partial charge in [0, 0.05) is 30.1 Å². The lowest BCUT2D eigenvalue weighted by atomic mass is 9.95. The molecule has 1 amide bonds. The number of anilines is 2. The molecule has 150 valence electrons. The standard InChI is InChI=1S/C21H27N3O4/c1-26-17-11-16(12-18(27-2)20(17)28-3)24-21(25)14-9-10-19(22-13-14)23-15-7-5-4-6-8-15/h9-13,15H,4-8H2,1-3H3,(H,22,23)(H,24,25). The molecule has 1 aromatic heterocycles. The van der Waals surface area contributed by atoms with Crippen molar-refractivity contribution in [1.29, 1.82) is 0 Å². The number of pyridine rings is 1. The topological polar surface area (TPSA) is 81.7 Å². The van der Waals surface area contributed by atoms with Gasteiger partial charge < -0.3 is 24.8 Å². The van der Waals surface area contributed by atoms with E-state index in [1.54, 1.807) is 24.4 Å². The Morgan fingerprint density at radius 2 is 1.68 bits per heavy atom. The minimum atomic E-state index is -0.258. The van der Waals surface area contributed by atoms with E-state index in [0.29, 0.717) is 34.5 Å². The zero-order valence-electron chi connectivity index (χ0n) is 16.6. The second kappa shape index (κ2) is 9.30. The number of nitrogens with one attached hydrogen (secondary N) is 2. The van der Waals surface area contributed by atoms with Gasteiger partial charge in [-0.15, -0.1) is 0 Å². The van der Waals surface area contributed by atoms with Crippen LogP contribution in [0.2, 0.25) is 0 Å². The van der Waals surface area contributed by atoms with Gasteiger partial charge in [-0.05, 0) is 25.0 Å². The maximum Gasteiger partial charge on any atom is 0.257 e. The molecule has 0 spiro atoms. The van der Waals surface area contributed by atoms with Crippen LogP contribution < -0.4 is 24.8 Å². The predicted octanol–water partition coefficient (Wildman–Crippen LogP) is 4.10. The zero-order valence-corrected chi connectivity index (χ0v) is 16.6. The fourth-order valence-electron chi connectivity index (χ4n) is 3.43. The summed E-state index contributed by atoms with van der Waals surface area (Å²) in [5, 5.41) is 6.29. The van der Waals surface area contributed by atoms with E-state index < -0.39 is 0 Å². The summed E-state index contributed by atoms with van der Waals surface area (Å²) in [6, 6.07) is 7.46. The van der Waals surface area contributed by atoms with Gasteiger partial charge >= 0.3 is 0 Å². The normalized spacial score (nSPS) is 14.2. The van der Waals surface area contributed by atoms with Crippen LogP contribution in [0.5, 0.6) is 17.2 Å². The molecular weight excluding hydrogens is 358 g/mol.